The van der Waals surface area contributed by atoms with Crippen LogP contribution in [0, 0.1) is 0 Å². The summed E-state index contributed by atoms with van der Waals surface area (Å²) in [5, 5.41) is 4.34. The fraction of sp³-hybridized carbons (Fsp3) is 0.500. The van der Waals surface area contributed by atoms with E-state index < -0.39 is 10.0 Å². The summed E-state index contributed by atoms with van der Waals surface area (Å²) in [6.07, 6.45) is 4.88. The molecule has 0 saturated carbocycles. The van der Waals surface area contributed by atoms with E-state index in [0.29, 0.717) is 31.1 Å². The maximum Gasteiger partial charge on any atom is 0.208 e. The summed E-state index contributed by atoms with van der Waals surface area (Å²) >= 11 is 0. The van der Waals surface area contributed by atoms with Crippen LogP contribution in [0.5, 0.6) is 11.5 Å². The number of benzene rings is 1. The van der Waals surface area contributed by atoms with Crippen LogP contribution in [0.4, 0.5) is 5.69 Å². The number of rotatable bonds is 8. The van der Waals surface area contributed by atoms with Gasteiger partial charge in [-0.2, -0.15) is 0 Å². The van der Waals surface area contributed by atoms with Crippen molar-refractivity contribution in [2.75, 3.05) is 38.9 Å². The van der Waals surface area contributed by atoms with Crippen molar-refractivity contribution in [3.63, 3.8) is 0 Å². The molecule has 1 heterocycles. The number of aryl methyl sites for hydroxylation is 1. The Bertz CT molecular complexity index is 913. The van der Waals surface area contributed by atoms with Crippen LogP contribution in [0.2, 0.25) is 0 Å². The third kappa shape index (κ3) is 4.02. The molecule has 0 aliphatic heterocycles. The molecular formula is C18H25N3O4S. The Morgan fingerprint density at radius 2 is 2.04 bits per heavy atom. The summed E-state index contributed by atoms with van der Waals surface area (Å²) < 4.78 is 35.9. The van der Waals surface area contributed by atoms with Gasteiger partial charge in [0, 0.05) is 36.4 Å². The van der Waals surface area contributed by atoms with Gasteiger partial charge in [-0.3, -0.25) is 4.98 Å². The van der Waals surface area contributed by atoms with Crippen LogP contribution < -0.4 is 19.5 Å². The van der Waals surface area contributed by atoms with Crippen LogP contribution in [-0.4, -0.2) is 47.0 Å². The molecule has 0 radical (unpaired) electrons. The minimum absolute atomic E-state index is 0.338. The van der Waals surface area contributed by atoms with Crippen LogP contribution in [0.1, 0.15) is 24.1 Å². The second-order valence-electron chi connectivity index (χ2n) is 6.40. The topological polar surface area (TPSA) is 89.6 Å². The fourth-order valence-electron chi connectivity index (χ4n) is 3.34. The lowest BCUT2D eigenvalue weighted by atomic mass is 10.1. The van der Waals surface area contributed by atoms with E-state index in [1.807, 2.05) is 19.2 Å². The zero-order valence-electron chi connectivity index (χ0n) is 15.4. The minimum atomic E-state index is -3.17. The van der Waals surface area contributed by atoms with Crippen LogP contribution in [0.25, 0.3) is 10.9 Å². The second-order valence-corrected chi connectivity index (χ2v) is 8.24. The Balaban J connectivity index is 1.83. The number of nitrogens with zero attached hydrogens (tertiary/aromatic N) is 1. The Morgan fingerprint density at radius 1 is 1.23 bits per heavy atom. The van der Waals surface area contributed by atoms with Gasteiger partial charge in [-0.15, -0.1) is 0 Å². The number of hydrogen-bond donors (Lipinski definition) is 2. The predicted molar refractivity (Wildman–Crippen MR) is 103 cm³/mol. The Kier molecular flexibility index (Phi) is 5.52. The second kappa shape index (κ2) is 7.67. The van der Waals surface area contributed by atoms with Gasteiger partial charge < -0.3 is 14.8 Å². The molecule has 26 heavy (non-hydrogen) atoms. The molecule has 0 unspecified atom stereocenters. The molecule has 0 spiro atoms. The van der Waals surface area contributed by atoms with E-state index in [2.05, 4.69) is 10.0 Å². The number of sulfonamides is 1. The molecule has 3 rings (SSSR count). The standard InChI is InChI=1S/C18H25N3O4S/c1-19-18-12-6-4-7-14(12)21-15-11-17(16(24-2)10-13(15)18)25-9-5-8-20-26(3,22)23/h10-11,20H,4-9H2,1-3H3,(H,19,21). The molecule has 1 aromatic carbocycles. The van der Waals surface area contributed by atoms with Gasteiger partial charge in [0.05, 0.1) is 25.5 Å². The maximum absolute atomic E-state index is 11.1. The third-order valence-corrected chi connectivity index (χ3v) is 5.22. The van der Waals surface area contributed by atoms with Crippen molar-refractivity contribution in [1.29, 1.82) is 0 Å². The number of anilines is 1. The van der Waals surface area contributed by atoms with E-state index in [0.717, 1.165) is 47.8 Å². The molecule has 7 nitrogen and oxygen atoms in total. The van der Waals surface area contributed by atoms with Gasteiger partial charge in [-0.05, 0) is 37.3 Å². The summed E-state index contributed by atoms with van der Waals surface area (Å²) in [5.41, 5.74) is 4.43. The van der Waals surface area contributed by atoms with Gasteiger partial charge in [0.1, 0.15) is 0 Å². The van der Waals surface area contributed by atoms with Gasteiger partial charge in [-0.25, -0.2) is 13.1 Å². The molecule has 2 aromatic rings. The molecular weight excluding hydrogens is 354 g/mol. The van der Waals surface area contributed by atoms with Crippen LogP contribution in [0.3, 0.4) is 0 Å². The largest absolute Gasteiger partial charge is 0.493 e. The highest BCUT2D eigenvalue weighted by molar-refractivity contribution is 7.88. The highest BCUT2D eigenvalue weighted by Gasteiger charge is 2.20. The molecule has 0 atom stereocenters. The van der Waals surface area contributed by atoms with E-state index >= 15 is 0 Å². The third-order valence-electron chi connectivity index (χ3n) is 4.49. The summed E-state index contributed by atoms with van der Waals surface area (Å²) in [7, 11) is 0.368. The van der Waals surface area contributed by atoms with Crippen LogP contribution >= 0.6 is 0 Å². The molecule has 2 N–H and O–H groups in total. The van der Waals surface area contributed by atoms with E-state index in [9.17, 15) is 8.42 Å². The predicted octanol–water partition coefficient (Wildman–Crippen LogP) is 2.09. The molecule has 1 aromatic heterocycles. The fourth-order valence-corrected chi connectivity index (χ4v) is 3.86. The molecule has 1 aliphatic carbocycles. The zero-order valence-corrected chi connectivity index (χ0v) is 16.2. The van der Waals surface area contributed by atoms with Crippen molar-refractivity contribution < 1.29 is 17.9 Å². The molecule has 142 valence electrons. The van der Waals surface area contributed by atoms with Gasteiger partial charge in [0.15, 0.2) is 11.5 Å². The Morgan fingerprint density at radius 3 is 2.73 bits per heavy atom. The average Bonchev–Trinajstić information content (AvgIpc) is 3.05. The lowest BCUT2D eigenvalue weighted by Gasteiger charge is -2.16. The molecule has 0 amide bonds. The molecule has 1 aliphatic rings. The first kappa shape index (κ1) is 18.7. The van der Waals surface area contributed by atoms with Crippen LogP contribution in [-0.2, 0) is 22.9 Å². The first-order valence-electron chi connectivity index (χ1n) is 8.71. The maximum atomic E-state index is 11.1. The molecule has 0 saturated heterocycles. The average molecular weight is 379 g/mol. The molecule has 8 heteroatoms. The minimum Gasteiger partial charge on any atom is -0.493 e. The molecule has 0 fully saturated rings. The van der Waals surface area contributed by atoms with Gasteiger partial charge >= 0.3 is 0 Å². The Labute approximate surface area is 154 Å². The summed E-state index contributed by atoms with van der Waals surface area (Å²) in [5.74, 6) is 1.26. The van der Waals surface area contributed by atoms with Crippen molar-refractivity contribution in [2.24, 2.45) is 0 Å². The Hall–Kier alpha value is -2.06. The SMILES string of the molecule is CNc1c2c(nc3cc(OCCCNS(C)(=O)=O)c(OC)cc13)CCC2. The lowest BCUT2D eigenvalue weighted by Crippen LogP contribution is -2.24. The van der Waals surface area contributed by atoms with E-state index in [-0.39, 0.29) is 0 Å². The number of methoxy groups -OCH3 is 1. The van der Waals surface area contributed by atoms with Crippen molar-refractivity contribution >= 4 is 26.6 Å². The summed E-state index contributed by atoms with van der Waals surface area (Å²) in [6.45, 7) is 0.721. The van der Waals surface area contributed by atoms with Crippen molar-refractivity contribution in [3.8, 4) is 11.5 Å². The smallest absolute Gasteiger partial charge is 0.208 e. The van der Waals surface area contributed by atoms with Crippen molar-refractivity contribution in [2.45, 2.75) is 25.7 Å². The first-order valence-corrected chi connectivity index (χ1v) is 10.6. The van der Waals surface area contributed by atoms with Gasteiger partial charge in [0.2, 0.25) is 10.0 Å². The number of hydrogen-bond acceptors (Lipinski definition) is 6. The first-order chi connectivity index (χ1) is 12.4. The monoisotopic (exact) mass is 379 g/mol. The molecule has 0 bridgehead atoms. The van der Waals surface area contributed by atoms with Crippen molar-refractivity contribution in [1.82, 2.24) is 9.71 Å². The van der Waals surface area contributed by atoms with Gasteiger partial charge in [-0.1, -0.05) is 0 Å². The number of pyridine rings is 1. The van der Waals surface area contributed by atoms with Gasteiger partial charge in [0.25, 0.3) is 0 Å². The lowest BCUT2D eigenvalue weighted by molar-refractivity contribution is 0.290. The highest BCUT2D eigenvalue weighted by atomic mass is 32.2. The zero-order chi connectivity index (χ0) is 18.7. The number of fused-ring (bicyclic) bond motifs is 2. The quantitative estimate of drug-likeness (QED) is 0.683. The van der Waals surface area contributed by atoms with Crippen LogP contribution in [0.15, 0.2) is 12.1 Å². The summed E-state index contributed by atoms with van der Waals surface area (Å²) in [6, 6.07) is 3.86. The number of ether oxygens (including phenoxy) is 2. The van der Waals surface area contributed by atoms with Crippen molar-refractivity contribution in [3.05, 3.63) is 23.4 Å². The van der Waals surface area contributed by atoms with E-state index in [1.165, 1.54) is 5.56 Å². The highest BCUT2D eigenvalue weighted by Crippen LogP contribution is 2.39. The van der Waals surface area contributed by atoms with E-state index in [1.54, 1.807) is 7.11 Å². The normalized spacial score (nSPS) is 13.7. The number of aromatic nitrogens is 1. The van der Waals surface area contributed by atoms with E-state index in [4.69, 9.17) is 14.5 Å². The number of nitrogens with one attached hydrogen (secondary N) is 2. The summed E-state index contributed by atoms with van der Waals surface area (Å²) in [4.78, 5) is 4.81.